The molecule has 134 valence electrons. The first kappa shape index (κ1) is 16.3. The fourth-order valence-corrected chi connectivity index (χ4v) is 3.28. The molecule has 3 N–H and O–H groups in total. The van der Waals surface area contributed by atoms with Crippen LogP contribution in [0.15, 0.2) is 43.1 Å². The molecule has 0 radical (unpaired) electrons. The lowest BCUT2D eigenvalue weighted by atomic mass is 10.1. The third kappa shape index (κ3) is 3.30. The van der Waals surface area contributed by atoms with Crippen LogP contribution in [0, 0.1) is 12.8 Å². The average molecular weight is 350 g/mol. The van der Waals surface area contributed by atoms with E-state index < -0.39 is 0 Å². The first-order valence-electron chi connectivity index (χ1n) is 8.72. The normalized spacial score (nSPS) is 16.8. The highest BCUT2D eigenvalue weighted by Gasteiger charge is 2.26. The molecule has 8 heteroatoms. The topological polar surface area (TPSA) is 97.8 Å². The van der Waals surface area contributed by atoms with Gasteiger partial charge in [0.05, 0.1) is 0 Å². The minimum absolute atomic E-state index is 0.514. The van der Waals surface area contributed by atoms with Gasteiger partial charge in [-0.15, -0.1) is 0 Å². The van der Waals surface area contributed by atoms with Crippen molar-refractivity contribution in [3.63, 3.8) is 0 Å². The van der Waals surface area contributed by atoms with E-state index in [0.717, 1.165) is 37.7 Å². The number of rotatable bonds is 5. The van der Waals surface area contributed by atoms with Crippen LogP contribution >= 0.6 is 0 Å². The van der Waals surface area contributed by atoms with Gasteiger partial charge in [-0.2, -0.15) is 5.10 Å². The van der Waals surface area contributed by atoms with Crippen LogP contribution in [0.1, 0.15) is 12.0 Å². The molecule has 3 aromatic heterocycles. The first-order valence-corrected chi connectivity index (χ1v) is 8.72. The zero-order valence-corrected chi connectivity index (χ0v) is 14.7. The Labute approximate surface area is 152 Å². The molecule has 1 saturated heterocycles. The Balaban J connectivity index is 1.43. The Morgan fingerprint density at radius 3 is 2.92 bits per heavy atom. The van der Waals surface area contributed by atoms with Crippen LogP contribution in [-0.4, -0.2) is 44.4 Å². The number of hydrogen-bond donors (Lipinski definition) is 2. The second kappa shape index (κ2) is 6.99. The van der Waals surface area contributed by atoms with Crippen LogP contribution in [0.3, 0.4) is 0 Å². The smallest absolute Gasteiger partial charge is 0.181 e. The summed E-state index contributed by atoms with van der Waals surface area (Å²) < 4.78 is 1.67. The molecular weight excluding hydrogens is 328 g/mol. The molecule has 8 nitrogen and oxygen atoms in total. The zero-order chi connectivity index (χ0) is 17.9. The summed E-state index contributed by atoms with van der Waals surface area (Å²) in [4.78, 5) is 15.3. The van der Waals surface area contributed by atoms with E-state index in [4.69, 9.17) is 5.73 Å². The number of aryl methyl sites for hydroxylation is 1. The third-order valence-corrected chi connectivity index (χ3v) is 4.64. The van der Waals surface area contributed by atoms with Crippen molar-refractivity contribution in [2.45, 2.75) is 13.3 Å². The Morgan fingerprint density at radius 1 is 1.23 bits per heavy atom. The maximum Gasteiger partial charge on any atom is 0.181 e. The molecule has 1 unspecified atom stereocenters. The fourth-order valence-electron chi connectivity index (χ4n) is 3.28. The Morgan fingerprint density at radius 2 is 2.12 bits per heavy atom. The second-order valence-corrected chi connectivity index (χ2v) is 6.59. The number of nitrogens with one attached hydrogen (secondary N) is 1. The number of anilines is 3. The van der Waals surface area contributed by atoms with Crippen molar-refractivity contribution in [1.29, 1.82) is 0 Å². The standard InChI is InChI=1S/C18H22N8/c1-13-3-6-20-15(9-13)21-10-14-4-8-25(11-14)17-16(19)18(23-12-22-17)26-7-2-5-24-26/h2-3,5-7,9,12,14H,4,8,10-11,19H2,1H3,(H,20,21). The second-order valence-electron chi connectivity index (χ2n) is 6.59. The maximum atomic E-state index is 6.33. The van der Waals surface area contributed by atoms with Crippen molar-refractivity contribution in [3.8, 4) is 5.82 Å². The lowest BCUT2D eigenvalue weighted by Gasteiger charge is -2.20. The van der Waals surface area contributed by atoms with E-state index in [0.29, 0.717) is 17.4 Å². The average Bonchev–Trinajstić information content (AvgIpc) is 3.32. The van der Waals surface area contributed by atoms with Crippen LogP contribution < -0.4 is 16.0 Å². The SMILES string of the molecule is Cc1ccnc(NCC2CCN(c3ncnc(-n4cccn4)c3N)C2)c1. The van der Waals surface area contributed by atoms with Crippen molar-refractivity contribution >= 4 is 17.3 Å². The van der Waals surface area contributed by atoms with Crippen LogP contribution in [0.4, 0.5) is 17.3 Å². The predicted molar refractivity (Wildman–Crippen MR) is 101 cm³/mol. The van der Waals surface area contributed by atoms with Crippen LogP contribution in [0.5, 0.6) is 0 Å². The summed E-state index contributed by atoms with van der Waals surface area (Å²) in [6.07, 6.45) is 7.99. The molecular formula is C18H22N8. The van der Waals surface area contributed by atoms with Gasteiger partial charge in [0.2, 0.25) is 0 Å². The van der Waals surface area contributed by atoms with Gasteiger partial charge < -0.3 is 16.0 Å². The van der Waals surface area contributed by atoms with Crippen LogP contribution in [0.25, 0.3) is 5.82 Å². The molecule has 4 rings (SSSR count). The van der Waals surface area contributed by atoms with E-state index in [2.05, 4.69) is 43.3 Å². The van der Waals surface area contributed by atoms with E-state index in [1.165, 1.54) is 5.56 Å². The molecule has 0 bridgehead atoms. The molecule has 1 fully saturated rings. The summed E-state index contributed by atoms with van der Waals surface area (Å²) in [5.74, 6) is 2.83. The molecule has 1 aliphatic heterocycles. The number of aromatic nitrogens is 5. The summed E-state index contributed by atoms with van der Waals surface area (Å²) >= 11 is 0. The Kier molecular flexibility index (Phi) is 4.39. The number of pyridine rings is 1. The number of nitrogen functional groups attached to an aromatic ring is 1. The van der Waals surface area contributed by atoms with E-state index in [9.17, 15) is 0 Å². The molecule has 26 heavy (non-hydrogen) atoms. The van der Waals surface area contributed by atoms with Gasteiger partial charge in [-0.3, -0.25) is 0 Å². The molecule has 3 aromatic rings. The Bertz CT molecular complexity index is 877. The molecule has 0 aromatic carbocycles. The summed E-state index contributed by atoms with van der Waals surface area (Å²) in [5.41, 5.74) is 8.09. The van der Waals surface area contributed by atoms with Gasteiger partial charge in [0.15, 0.2) is 11.6 Å². The summed E-state index contributed by atoms with van der Waals surface area (Å²) in [5, 5.41) is 7.64. The minimum atomic E-state index is 0.514. The molecule has 1 atom stereocenters. The fraction of sp³-hybridized carbons (Fsp3) is 0.333. The van der Waals surface area contributed by atoms with E-state index in [1.54, 1.807) is 17.2 Å². The van der Waals surface area contributed by atoms with Crippen LogP contribution in [0.2, 0.25) is 0 Å². The van der Waals surface area contributed by atoms with Gasteiger partial charge >= 0.3 is 0 Å². The zero-order valence-electron chi connectivity index (χ0n) is 14.7. The molecule has 0 aliphatic carbocycles. The number of nitrogens with zero attached hydrogens (tertiary/aromatic N) is 6. The van der Waals surface area contributed by atoms with Crippen molar-refractivity contribution in [2.75, 3.05) is 35.6 Å². The lowest BCUT2D eigenvalue weighted by molar-refractivity contribution is 0.621. The van der Waals surface area contributed by atoms with Crippen molar-refractivity contribution in [1.82, 2.24) is 24.7 Å². The monoisotopic (exact) mass is 350 g/mol. The van der Waals surface area contributed by atoms with E-state index in [1.807, 2.05) is 24.5 Å². The predicted octanol–water partition coefficient (Wildman–Crippen LogP) is 1.89. The van der Waals surface area contributed by atoms with Crippen molar-refractivity contribution < 1.29 is 0 Å². The quantitative estimate of drug-likeness (QED) is 0.725. The molecule has 0 spiro atoms. The highest BCUT2D eigenvalue weighted by Crippen LogP contribution is 2.29. The van der Waals surface area contributed by atoms with E-state index >= 15 is 0 Å². The van der Waals surface area contributed by atoms with Gasteiger partial charge in [0.1, 0.15) is 17.8 Å². The maximum absolute atomic E-state index is 6.33. The Hall–Kier alpha value is -3.16. The van der Waals surface area contributed by atoms with E-state index in [-0.39, 0.29) is 0 Å². The summed E-state index contributed by atoms with van der Waals surface area (Å²) in [6, 6.07) is 5.90. The summed E-state index contributed by atoms with van der Waals surface area (Å²) in [6.45, 7) is 4.77. The molecule has 4 heterocycles. The molecule has 1 aliphatic rings. The van der Waals surface area contributed by atoms with Gasteiger partial charge in [-0.25, -0.2) is 19.6 Å². The first-order chi connectivity index (χ1) is 12.7. The molecule has 0 amide bonds. The minimum Gasteiger partial charge on any atom is -0.393 e. The number of hydrogen-bond acceptors (Lipinski definition) is 7. The number of nitrogens with two attached hydrogens (primary N) is 1. The van der Waals surface area contributed by atoms with Gasteiger partial charge in [0.25, 0.3) is 0 Å². The largest absolute Gasteiger partial charge is 0.393 e. The van der Waals surface area contributed by atoms with Crippen molar-refractivity contribution in [2.24, 2.45) is 5.92 Å². The van der Waals surface area contributed by atoms with Gasteiger partial charge in [0, 0.05) is 38.2 Å². The van der Waals surface area contributed by atoms with Gasteiger partial charge in [-0.05, 0) is 43.0 Å². The summed E-state index contributed by atoms with van der Waals surface area (Å²) in [7, 11) is 0. The van der Waals surface area contributed by atoms with Gasteiger partial charge in [-0.1, -0.05) is 0 Å². The third-order valence-electron chi connectivity index (χ3n) is 4.64. The van der Waals surface area contributed by atoms with Crippen molar-refractivity contribution in [3.05, 3.63) is 48.7 Å². The highest BCUT2D eigenvalue weighted by molar-refractivity contribution is 5.70. The van der Waals surface area contributed by atoms with Crippen LogP contribution in [-0.2, 0) is 0 Å². The highest BCUT2D eigenvalue weighted by atomic mass is 15.3. The lowest BCUT2D eigenvalue weighted by Crippen LogP contribution is -2.25. The molecule has 0 saturated carbocycles.